The van der Waals surface area contributed by atoms with Crippen LogP contribution in [0.15, 0.2) is 28.8 Å². The number of nitrogens with zero attached hydrogens (tertiary/aromatic N) is 2. The van der Waals surface area contributed by atoms with Crippen molar-refractivity contribution in [3.05, 3.63) is 47.1 Å². The van der Waals surface area contributed by atoms with Crippen molar-refractivity contribution in [2.75, 3.05) is 7.11 Å². The van der Waals surface area contributed by atoms with Gasteiger partial charge in [0, 0.05) is 13.7 Å². The molecule has 1 heterocycles. The summed E-state index contributed by atoms with van der Waals surface area (Å²) in [6.45, 7) is 3.81. The zero-order valence-corrected chi connectivity index (χ0v) is 10.6. The number of benzene rings is 1. The normalized spacial score (nSPS) is 10.8. The van der Waals surface area contributed by atoms with Gasteiger partial charge in [-0.1, -0.05) is 29.4 Å². The molecule has 5 heteroatoms. The Hall–Kier alpha value is -1.72. The number of hydrogen-bond acceptors (Lipinski definition) is 5. The number of nitrogens with one attached hydrogen (secondary N) is 1. The molecule has 2 aromatic rings. The number of rotatable bonds is 6. The van der Waals surface area contributed by atoms with Crippen molar-refractivity contribution in [1.29, 1.82) is 0 Å². The lowest BCUT2D eigenvalue weighted by Crippen LogP contribution is -2.12. The third-order valence-corrected chi connectivity index (χ3v) is 2.51. The van der Waals surface area contributed by atoms with Crippen LogP contribution in [0.1, 0.15) is 22.8 Å². The Morgan fingerprint density at radius 2 is 1.89 bits per heavy atom. The highest BCUT2D eigenvalue weighted by atomic mass is 16.5. The first kappa shape index (κ1) is 12.7. The molecule has 96 valence electrons. The number of aromatic nitrogens is 2. The van der Waals surface area contributed by atoms with Crippen LogP contribution in [0, 0.1) is 6.92 Å². The highest BCUT2D eigenvalue weighted by molar-refractivity contribution is 5.21. The second-order valence-corrected chi connectivity index (χ2v) is 4.09. The lowest BCUT2D eigenvalue weighted by atomic mass is 10.1. The molecule has 0 fully saturated rings. The molecule has 0 radical (unpaired) electrons. The first-order chi connectivity index (χ1) is 8.78. The maximum atomic E-state index is 5.07. The lowest BCUT2D eigenvalue weighted by molar-refractivity contribution is 0.185. The molecule has 0 unspecified atom stereocenters. The first-order valence-corrected chi connectivity index (χ1v) is 5.84. The monoisotopic (exact) mass is 247 g/mol. The maximum absolute atomic E-state index is 5.07. The van der Waals surface area contributed by atoms with Crippen molar-refractivity contribution >= 4 is 0 Å². The quantitative estimate of drug-likeness (QED) is 0.843. The van der Waals surface area contributed by atoms with Crippen LogP contribution in [0.4, 0.5) is 0 Å². The Labute approximate surface area is 106 Å². The standard InChI is InChI=1S/C13H17N3O2/c1-10-15-13(18-16-10)8-14-7-11-3-5-12(6-4-11)9-17-2/h3-6,14H,7-9H2,1-2H3. The van der Waals surface area contributed by atoms with Gasteiger partial charge in [0.05, 0.1) is 13.2 Å². The Bertz CT molecular complexity index is 479. The van der Waals surface area contributed by atoms with Crippen LogP contribution >= 0.6 is 0 Å². The predicted molar refractivity (Wildman–Crippen MR) is 66.7 cm³/mol. The minimum atomic E-state index is 0.584. The minimum Gasteiger partial charge on any atom is -0.380 e. The van der Waals surface area contributed by atoms with Gasteiger partial charge in [-0.15, -0.1) is 0 Å². The smallest absolute Gasteiger partial charge is 0.240 e. The highest BCUT2D eigenvalue weighted by Gasteiger charge is 2.01. The molecule has 0 aliphatic carbocycles. The molecule has 0 atom stereocenters. The molecule has 1 N–H and O–H groups in total. The van der Waals surface area contributed by atoms with Crippen molar-refractivity contribution in [1.82, 2.24) is 15.5 Å². The highest BCUT2D eigenvalue weighted by Crippen LogP contribution is 2.05. The average Bonchev–Trinajstić information content (AvgIpc) is 2.78. The first-order valence-electron chi connectivity index (χ1n) is 5.84. The molecule has 0 saturated heterocycles. The SMILES string of the molecule is COCc1ccc(CNCc2nc(C)no2)cc1. The molecular formula is C13H17N3O2. The van der Waals surface area contributed by atoms with Crippen LogP contribution in [0.25, 0.3) is 0 Å². The van der Waals surface area contributed by atoms with E-state index in [0.29, 0.717) is 24.9 Å². The molecule has 0 bridgehead atoms. The van der Waals surface area contributed by atoms with Crippen LogP contribution in [-0.2, 0) is 24.4 Å². The van der Waals surface area contributed by atoms with Crippen LogP contribution in [-0.4, -0.2) is 17.3 Å². The van der Waals surface area contributed by atoms with Crippen LogP contribution < -0.4 is 5.32 Å². The Kier molecular flexibility index (Phi) is 4.44. The number of methoxy groups -OCH3 is 1. The number of ether oxygens (including phenoxy) is 1. The lowest BCUT2D eigenvalue weighted by Gasteiger charge is -2.04. The summed E-state index contributed by atoms with van der Waals surface area (Å²) < 4.78 is 10.1. The molecule has 0 amide bonds. The second kappa shape index (κ2) is 6.28. The van der Waals surface area contributed by atoms with E-state index in [1.807, 2.05) is 6.92 Å². The summed E-state index contributed by atoms with van der Waals surface area (Å²) in [5.41, 5.74) is 2.39. The van der Waals surface area contributed by atoms with E-state index in [4.69, 9.17) is 9.26 Å². The molecule has 5 nitrogen and oxygen atoms in total. The average molecular weight is 247 g/mol. The van der Waals surface area contributed by atoms with Gasteiger partial charge in [-0.2, -0.15) is 4.98 Å². The minimum absolute atomic E-state index is 0.584. The van der Waals surface area contributed by atoms with Gasteiger partial charge in [-0.3, -0.25) is 0 Å². The van der Waals surface area contributed by atoms with Gasteiger partial charge in [0.1, 0.15) is 0 Å². The van der Waals surface area contributed by atoms with Gasteiger partial charge in [0.15, 0.2) is 5.82 Å². The predicted octanol–water partition coefficient (Wildman–Crippen LogP) is 1.81. The summed E-state index contributed by atoms with van der Waals surface area (Å²) in [6.07, 6.45) is 0. The summed E-state index contributed by atoms with van der Waals surface area (Å²) in [6, 6.07) is 8.30. The van der Waals surface area contributed by atoms with Crippen molar-refractivity contribution in [2.24, 2.45) is 0 Å². The second-order valence-electron chi connectivity index (χ2n) is 4.09. The van der Waals surface area contributed by atoms with E-state index in [0.717, 1.165) is 6.54 Å². The summed E-state index contributed by atoms with van der Waals surface area (Å²) in [5.74, 6) is 1.28. The van der Waals surface area contributed by atoms with Crippen LogP contribution in [0.5, 0.6) is 0 Å². The fraction of sp³-hybridized carbons (Fsp3) is 0.385. The summed E-state index contributed by atoms with van der Waals surface area (Å²) in [7, 11) is 1.70. The van der Waals surface area contributed by atoms with E-state index in [1.165, 1.54) is 11.1 Å². The van der Waals surface area contributed by atoms with E-state index in [1.54, 1.807) is 7.11 Å². The van der Waals surface area contributed by atoms with Crippen LogP contribution in [0.3, 0.4) is 0 Å². The molecular weight excluding hydrogens is 230 g/mol. The van der Waals surface area contributed by atoms with Gasteiger partial charge in [0.25, 0.3) is 0 Å². The van der Waals surface area contributed by atoms with E-state index in [-0.39, 0.29) is 0 Å². The maximum Gasteiger partial charge on any atom is 0.240 e. The fourth-order valence-corrected chi connectivity index (χ4v) is 1.65. The largest absolute Gasteiger partial charge is 0.380 e. The third kappa shape index (κ3) is 3.65. The van der Waals surface area contributed by atoms with Crippen molar-refractivity contribution in [3.8, 4) is 0 Å². The number of aryl methyl sites for hydroxylation is 1. The van der Waals surface area contributed by atoms with Crippen molar-refractivity contribution < 1.29 is 9.26 Å². The Morgan fingerprint density at radius 3 is 2.50 bits per heavy atom. The molecule has 1 aromatic heterocycles. The van der Waals surface area contributed by atoms with Crippen molar-refractivity contribution in [2.45, 2.75) is 26.6 Å². The molecule has 0 aliphatic heterocycles. The fourth-order valence-electron chi connectivity index (χ4n) is 1.65. The van der Waals surface area contributed by atoms with E-state index in [2.05, 4.69) is 39.7 Å². The summed E-state index contributed by atoms with van der Waals surface area (Å²) in [4.78, 5) is 4.12. The van der Waals surface area contributed by atoms with Crippen molar-refractivity contribution in [3.63, 3.8) is 0 Å². The topological polar surface area (TPSA) is 60.2 Å². The summed E-state index contributed by atoms with van der Waals surface area (Å²) in [5, 5.41) is 6.99. The van der Waals surface area contributed by atoms with E-state index < -0.39 is 0 Å². The third-order valence-electron chi connectivity index (χ3n) is 2.51. The number of hydrogen-bond donors (Lipinski definition) is 1. The van der Waals surface area contributed by atoms with Crippen LogP contribution in [0.2, 0.25) is 0 Å². The molecule has 0 spiro atoms. The Morgan fingerprint density at radius 1 is 1.17 bits per heavy atom. The van der Waals surface area contributed by atoms with Gasteiger partial charge in [0.2, 0.25) is 5.89 Å². The molecule has 18 heavy (non-hydrogen) atoms. The molecule has 0 saturated carbocycles. The summed E-state index contributed by atoms with van der Waals surface area (Å²) >= 11 is 0. The molecule has 2 rings (SSSR count). The Balaban J connectivity index is 1.79. The van der Waals surface area contributed by atoms with Gasteiger partial charge < -0.3 is 14.6 Å². The van der Waals surface area contributed by atoms with Gasteiger partial charge in [-0.05, 0) is 18.1 Å². The zero-order valence-electron chi connectivity index (χ0n) is 10.6. The van der Waals surface area contributed by atoms with Gasteiger partial charge >= 0.3 is 0 Å². The van der Waals surface area contributed by atoms with E-state index >= 15 is 0 Å². The van der Waals surface area contributed by atoms with E-state index in [9.17, 15) is 0 Å². The van der Waals surface area contributed by atoms with Gasteiger partial charge in [-0.25, -0.2) is 0 Å². The molecule has 0 aliphatic rings. The molecule has 1 aromatic carbocycles. The zero-order chi connectivity index (χ0) is 12.8.